The summed E-state index contributed by atoms with van der Waals surface area (Å²) in [5.41, 5.74) is 2.73. The highest BCUT2D eigenvalue weighted by Crippen LogP contribution is 2.33. The first-order valence-corrected chi connectivity index (χ1v) is 8.28. The smallest absolute Gasteiger partial charge is 0.387 e. The Hall–Kier alpha value is -3.03. The van der Waals surface area contributed by atoms with Gasteiger partial charge in [-0.3, -0.25) is 4.79 Å². The van der Waals surface area contributed by atoms with Crippen LogP contribution >= 0.6 is 0 Å². The van der Waals surface area contributed by atoms with Crippen molar-refractivity contribution in [2.24, 2.45) is 0 Å². The highest BCUT2D eigenvalue weighted by Gasteiger charge is 2.24. The van der Waals surface area contributed by atoms with Crippen molar-refractivity contribution in [2.75, 3.05) is 0 Å². The van der Waals surface area contributed by atoms with E-state index in [1.165, 1.54) is 16.8 Å². The number of aromatic nitrogens is 3. The zero-order valence-corrected chi connectivity index (χ0v) is 13.7. The van der Waals surface area contributed by atoms with E-state index >= 15 is 0 Å². The van der Waals surface area contributed by atoms with E-state index in [1.54, 1.807) is 30.6 Å². The van der Waals surface area contributed by atoms with Crippen molar-refractivity contribution in [2.45, 2.75) is 31.9 Å². The number of nitrogens with zero attached hydrogens (tertiary/aromatic N) is 3. The maximum absolute atomic E-state index is 12.7. The van der Waals surface area contributed by atoms with Crippen molar-refractivity contribution < 1.29 is 18.3 Å². The van der Waals surface area contributed by atoms with E-state index in [-0.39, 0.29) is 17.7 Å². The summed E-state index contributed by atoms with van der Waals surface area (Å²) >= 11 is 0. The average Bonchev–Trinajstić information content (AvgIpc) is 3.05. The number of hydrogen-bond acceptors (Lipinski definition) is 4. The molecule has 1 aliphatic carbocycles. The van der Waals surface area contributed by atoms with Crippen molar-refractivity contribution >= 4 is 11.6 Å². The van der Waals surface area contributed by atoms with Crippen LogP contribution in [0.4, 0.5) is 8.78 Å². The van der Waals surface area contributed by atoms with Crippen molar-refractivity contribution in [3.05, 3.63) is 59.5 Å². The summed E-state index contributed by atoms with van der Waals surface area (Å²) < 4.78 is 30.8. The molecule has 0 spiro atoms. The summed E-state index contributed by atoms with van der Waals surface area (Å²) in [6, 6.07) is 6.41. The van der Waals surface area contributed by atoms with Gasteiger partial charge < -0.3 is 10.1 Å². The molecular formula is C18H16F2N4O2. The molecule has 0 aliphatic heterocycles. The molecule has 134 valence electrons. The van der Waals surface area contributed by atoms with Gasteiger partial charge in [0.2, 0.25) is 0 Å². The third-order valence-electron chi connectivity index (χ3n) is 4.48. The molecule has 1 N–H and O–H groups in total. The Bertz CT molecular complexity index is 957. The van der Waals surface area contributed by atoms with E-state index in [2.05, 4.69) is 20.1 Å². The predicted octanol–water partition coefficient (Wildman–Crippen LogP) is 3.14. The van der Waals surface area contributed by atoms with Crippen LogP contribution in [-0.4, -0.2) is 27.1 Å². The topological polar surface area (TPSA) is 68.5 Å². The Morgan fingerprint density at radius 3 is 3.12 bits per heavy atom. The summed E-state index contributed by atoms with van der Waals surface area (Å²) in [6.45, 7) is -2.85. The van der Waals surface area contributed by atoms with Crippen LogP contribution in [0.3, 0.4) is 0 Å². The average molecular weight is 358 g/mol. The molecular weight excluding hydrogens is 342 g/mol. The molecule has 0 bridgehead atoms. The Morgan fingerprint density at radius 2 is 2.27 bits per heavy atom. The summed E-state index contributed by atoms with van der Waals surface area (Å²) in [5, 5.41) is 7.13. The molecule has 1 amide bonds. The monoisotopic (exact) mass is 358 g/mol. The number of nitrogens with one attached hydrogen (secondary N) is 1. The Kier molecular flexibility index (Phi) is 4.24. The van der Waals surface area contributed by atoms with Crippen LogP contribution in [0.2, 0.25) is 0 Å². The second-order valence-electron chi connectivity index (χ2n) is 6.10. The number of hydrogen-bond donors (Lipinski definition) is 1. The molecule has 4 rings (SSSR count). The van der Waals surface area contributed by atoms with Gasteiger partial charge in [0.25, 0.3) is 5.91 Å². The van der Waals surface area contributed by atoms with E-state index in [4.69, 9.17) is 0 Å². The number of rotatable bonds is 4. The fraction of sp³-hybridized carbons (Fsp3) is 0.278. The normalized spacial score (nSPS) is 16.5. The van der Waals surface area contributed by atoms with Crippen LogP contribution in [0.15, 0.2) is 42.9 Å². The quantitative estimate of drug-likeness (QED) is 0.778. The van der Waals surface area contributed by atoms with Crippen molar-refractivity contribution in [1.82, 2.24) is 19.9 Å². The number of halogens is 2. The molecule has 1 atom stereocenters. The van der Waals surface area contributed by atoms with E-state index < -0.39 is 6.61 Å². The lowest BCUT2D eigenvalue weighted by Gasteiger charge is -2.26. The van der Waals surface area contributed by atoms with Gasteiger partial charge in [0.1, 0.15) is 11.3 Å². The first-order chi connectivity index (χ1) is 12.6. The third-order valence-corrected chi connectivity index (χ3v) is 4.48. The van der Waals surface area contributed by atoms with Crippen LogP contribution in [0.1, 0.15) is 40.4 Å². The second kappa shape index (κ2) is 6.70. The fourth-order valence-corrected chi connectivity index (χ4v) is 3.34. The maximum atomic E-state index is 12.7. The van der Waals surface area contributed by atoms with Gasteiger partial charge >= 0.3 is 6.61 Å². The number of alkyl halides is 2. The van der Waals surface area contributed by atoms with E-state index in [0.29, 0.717) is 11.2 Å². The number of carbonyl (C=O) groups excluding carboxylic acids is 1. The number of fused-ring (bicyclic) bond motifs is 2. The van der Waals surface area contributed by atoms with Crippen molar-refractivity contribution in [3.63, 3.8) is 0 Å². The molecule has 26 heavy (non-hydrogen) atoms. The fourth-order valence-electron chi connectivity index (χ4n) is 3.34. The summed E-state index contributed by atoms with van der Waals surface area (Å²) in [4.78, 5) is 16.9. The van der Waals surface area contributed by atoms with Crippen LogP contribution in [0.25, 0.3) is 5.65 Å². The highest BCUT2D eigenvalue weighted by molar-refractivity contribution is 5.99. The summed E-state index contributed by atoms with van der Waals surface area (Å²) in [7, 11) is 0. The number of ether oxygens (including phenoxy) is 1. The van der Waals surface area contributed by atoms with Gasteiger partial charge in [0, 0.05) is 12.4 Å². The summed E-state index contributed by atoms with van der Waals surface area (Å²) in [6.07, 6.45) is 7.21. The first-order valence-electron chi connectivity index (χ1n) is 8.28. The zero-order chi connectivity index (χ0) is 18.1. The molecule has 0 saturated heterocycles. The van der Waals surface area contributed by atoms with E-state index in [9.17, 15) is 13.6 Å². The lowest BCUT2D eigenvalue weighted by Crippen LogP contribution is -2.31. The number of carbonyl (C=O) groups is 1. The molecule has 6 nitrogen and oxygen atoms in total. The number of benzene rings is 1. The lowest BCUT2D eigenvalue weighted by atomic mass is 9.87. The predicted molar refractivity (Wildman–Crippen MR) is 89.2 cm³/mol. The van der Waals surface area contributed by atoms with Gasteiger partial charge in [-0.05, 0) is 48.6 Å². The van der Waals surface area contributed by atoms with Gasteiger partial charge in [-0.25, -0.2) is 9.50 Å². The van der Waals surface area contributed by atoms with Gasteiger partial charge in [0.15, 0.2) is 5.65 Å². The second-order valence-corrected chi connectivity index (χ2v) is 6.10. The molecule has 2 heterocycles. The minimum Gasteiger partial charge on any atom is -0.435 e. The van der Waals surface area contributed by atoms with Gasteiger partial charge in [-0.2, -0.15) is 13.9 Å². The van der Waals surface area contributed by atoms with Gasteiger partial charge in [-0.1, -0.05) is 6.07 Å². The van der Waals surface area contributed by atoms with Crippen molar-refractivity contribution in [3.8, 4) is 5.75 Å². The molecule has 3 aromatic rings. The van der Waals surface area contributed by atoms with Crippen LogP contribution < -0.4 is 10.1 Å². The molecule has 2 aromatic heterocycles. The standard InChI is InChI=1S/C18H16F2N4O2/c19-18(20)26-12-5-6-13-11(9-12)3-1-4-15(13)23-17(25)14-10-22-24-8-2-7-21-16(14)24/h2,5-10,15,18H,1,3-4H2,(H,23,25). The summed E-state index contributed by atoms with van der Waals surface area (Å²) in [5.74, 6) is -0.123. The van der Waals surface area contributed by atoms with Crippen LogP contribution in [0, 0.1) is 0 Å². The van der Waals surface area contributed by atoms with Crippen molar-refractivity contribution in [1.29, 1.82) is 0 Å². The number of amides is 1. The first kappa shape index (κ1) is 16.4. The highest BCUT2D eigenvalue weighted by atomic mass is 19.3. The minimum atomic E-state index is -2.85. The largest absolute Gasteiger partial charge is 0.435 e. The SMILES string of the molecule is O=C(NC1CCCc2cc(OC(F)F)ccc21)c1cnn2cccnc12. The molecule has 1 aromatic carbocycles. The van der Waals surface area contributed by atoms with E-state index in [1.807, 2.05) is 0 Å². The van der Waals surface area contributed by atoms with Crippen LogP contribution in [-0.2, 0) is 6.42 Å². The molecule has 0 saturated carbocycles. The third kappa shape index (κ3) is 3.10. The molecule has 1 unspecified atom stereocenters. The van der Waals surface area contributed by atoms with Gasteiger partial charge in [-0.15, -0.1) is 0 Å². The maximum Gasteiger partial charge on any atom is 0.387 e. The molecule has 8 heteroatoms. The minimum absolute atomic E-state index is 0.137. The molecule has 0 fully saturated rings. The lowest BCUT2D eigenvalue weighted by molar-refractivity contribution is -0.0499. The van der Waals surface area contributed by atoms with Gasteiger partial charge in [0.05, 0.1) is 12.2 Å². The molecule has 1 aliphatic rings. The Balaban J connectivity index is 1.57. The van der Waals surface area contributed by atoms with E-state index in [0.717, 1.165) is 30.4 Å². The zero-order valence-electron chi connectivity index (χ0n) is 13.7. The Morgan fingerprint density at radius 1 is 1.38 bits per heavy atom. The number of aryl methyl sites for hydroxylation is 1. The Labute approximate surface area is 147 Å². The molecule has 0 radical (unpaired) electrons. The van der Waals surface area contributed by atoms with Crippen LogP contribution in [0.5, 0.6) is 5.75 Å².